The van der Waals surface area contributed by atoms with Crippen molar-refractivity contribution in [1.29, 1.82) is 0 Å². The van der Waals surface area contributed by atoms with Gasteiger partial charge >= 0.3 is 0 Å². The van der Waals surface area contributed by atoms with E-state index < -0.39 is 5.54 Å². The van der Waals surface area contributed by atoms with E-state index in [2.05, 4.69) is 4.98 Å². The van der Waals surface area contributed by atoms with E-state index in [1.807, 2.05) is 25.8 Å². The number of nitrogens with two attached hydrogens (primary N) is 1. The molecule has 0 aliphatic rings. The molecule has 1 heterocycles. The maximum absolute atomic E-state index is 9.24. The molecule has 0 saturated carbocycles. The molecule has 0 spiro atoms. The number of nitrogens with zero attached hydrogens (tertiary/aromatic N) is 2. The molecule has 1 rings (SSSR count). The molecule has 15 heavy (non-hydrogen) atoms. The zero-order valence-electron chi connectivity index (χ0n) is 9.16. The van der Waals surface area contributed by atoms with Crippen LogP contribution in [0.4, 0.5) is 11.5 Å². The summed E-state index contributed by atoms with van der Waals surface area (Å²) in [7, 11) is 1.82. The predicted octanol–water partition coefficient (Wildman–Crippen LogP) is 1.52. The Kier molecular flexibility index (Phi) is 3.42. The summed E-state index contributed by atoms with van der Waals surface area (Å²) in [5, 5.41) is 9.63. The van der Waals surface area contributed by atoms with E-state index in [0.717, 1.165) is 0 Å². The minimum Gasteiger partial charge on any atom is -0.396 e. The van der Waals surface area contributed by atoms with Crippen LogP contribution in [0.15, 0.2) is 12.1 Å². The van der Waals surface area contributed by atoms with Gasteiger partial charge in [0.2, 0.25) is 0 Å². The maximum atomic E-state index is 9.24. The van der Waals surface area contributed by atoms with Gasteiger partial charge in [0.25, 0.3) is 0 Å². The van der Waals surface area contributed by atoms with Gasteiger partial charge in [-0.2, -0.15) is 0 Å². The number of pyridine rings is 1. The topological polar surface area (TPSA) is 62.4 Å². The molecular formula is C10H16ClN3O. The van der Waals surface area contributed by atoms with Gasteiger partial charge in [0, 0.05) is 7.05 Å². The van der Waals surface area contributed by atoms with Gasteiger partial charge in [-0.1, -0.05) is 11.6 Å². The number of hydrogen-bond acceptors (Lipinski definition) is 4. The van der Waals surface area contributed by atoms with E-state index in [4.69, 9.17) is 17.3 Å². The number of rotatable bonds is 3. The van der Waals surface area contributed by atoms with Crippen molar-refractivity contribution >= 4 is 23.1 Å². The Morgan fingerprint density at radius 3 is 2.67 bits per heavy atom. The first kappa shape index (κ1) is 12.1. The predicted molar refractivity (Wildman–Crippen MR) is 63.2 cm³/mol. The summed E-state index contributed by atoms with van der Waals surface area (Å²) in [4.78, 5) is 5.96. The second-order valence-electron chi connectivity index (χ2n) is 4.08. The van der Waals surface area contributed by atoms with E-state index in [1.165, 1.54) is 0 Å². The van der Waals surface area contributed by atoms with Crippen LogP contribution in [0.2, 0.25) is 5.15 Å². The number of likely N-dealkylation sites (N-methyl/N-ethyl adjacent to an activating group) is 1. The van der Waals surface area contributed by atoms with Gasteiger partial charge in [0.05, 0.1) is 17.8 Å². The number of aromatic nitrogens is 1. The summed E-state index contributed by atoms with van der Waals surface area (Å²) < 4.78 is 0. The fourth-order valence-electron chi connectivity index (χ4n) is 1.10. The zero-order chi connectivity index (χ0) is 11.6. The van der Waals surface area contributed by atoms with Gasteiger partial charge in [-0.05, 0) is 26.0 Å². The highest BCUT2D eigenvalue weighted by molar-refractivity contribution is 6.29. The summed E-state index contributed by atoms with van der Waals surface area (Å²) in [5.41, 5.74) is 5.92. The maximum Gasteiger partial charge on any atom is 0.153 e. The highest BCUT2D eigenvalue weighted by atomic mass is 35.5. The van der Waals surface area contributed by atoms with E-state index in [-0.39, 0.29) is 6.61 Å². The van der Waals surface area contributed by atoms with Gasteiger partial charge in [0.1, 0.15) is 5.15 Å². The molecule has 0 aliphatic heterocycles. The van der Waals surface area contributed by atoms with Gasteiger partial charge in [-0.3, -0.25) is 0 Å². The fraction of sp³-hybridized carbons (Fsp3) is 0.500. The Balaban J connectivity index is 3.10. The molecule has 1 aromatic heterocycles. The summed E-state index contributed by atoms with van der Waals surface area (Å²) in [6, 6.07) is 3.34. The normalized spacial score (nSPS) is 11.5. The smallest absolute Gasteiger partial charge is 0.153 e. The second-order valence-corrected chi connectivity index (χ2v) is 4.46. The molecule has 0 saturated heterocycles. The molecule has 84 valence electrons. The molecule has 0 atom stereocenters. The zero-order valence-corrected chi connectivity index (χ0v) is 9.91. The van der Waals surface area contributed by atoms with Crippen LogP contribution in [-0.2, 0) is 0 Å². The first-order chi connectivity index (χ1) is 6.88. The molecule has 0 bridgehead atoms. The van der Waals surface area contributed by atoms with E-state index in [1.54, 1.807) is 12.1 Å². The molecule has 0 aliphatic carbocycles. The van der Waals surface area contributed by atoms with Gasteiger partial charge in [-0.25, -0.2) is 4.98 Å². The molecule has 5 heteroatoms. The minimum atomic E-state index is -0.425. The van der Waals surface area contributed by atoms with Crippen LogP contribution in [0, 0.1) is 0 Å². The molecule has 0 radical (unpaired) electrons. The largest absolute Gasteiger partial charge is 0.396 e. The Hall–Kier alpha value is -1.00. The summed E-state index contributed by atoms with van der Waals surface area (Å²) >= 11 is 5.80. The monoisotopic (exact) mass is 229 g/mol. The van der Waals surface area contributed by atoms with Crippen molar-refractivity contribution in [1.82, 2.24) is 4.98 Å². The lowest BCUT2D eigenvalue weighted by atomic mass is 10.1. The molecule has 4 nitrogen and oxygen atoms in total. The third-order valence-electron chi connectivity index (χ3n) is 2.48. The van der Waals surface area contributed by atoms with Crippen molar-refractivity contribution in [3.05, 3.63) is 17.3 Å². The van der Waals surface area contributed by atoms with Crippen molar-refractivity contribution in [3.8, 4) is 0 Å². The van der Waals surface area contributed by atoms with Gasteiger partial charge in [-0.15, -0.1) is 0 Å². The lowest BCUT2D eigenvalue weighted by Gasteiger charge is -2.35. The Labute approximate surface area is 94.7 Å². The summed E-state index contributed by atoms with van der Waals surface area (Å²) in [6.07, 6.45) is 0. The third-order valence-corrected chi connectivity index (χ3v) is 2.69. The Morgan fingerprint density at radius 2 is 2.13 bits per heavy atom. The number of nitrogen functional groups attached to an aromatic ring is 1. The summed E-state index contributed by atoms with van der Waals surface area (Å²) in [6.45, 7) is 3.81. The minimum absolute atomic E-state index is 0.0110. The van der Waals surface area contributed by atoms with Crippen molar-refractivity contribution in [2.24, 2.45) is 0 Å². The van der Waals surface area contributed by atoms with Crippen molar-refractivity contribution in [2.75, 3.05) is 24.3 Å². The first-order valence-electron chi connectivity index (χ1n) is 4.65. The molecular weight excluding hydrogens is 214 g/mol. The van der Waals surface area contributed by atoms with Crippen LogP contribution in [0.25, 0.3) is 0 Å². The number of halogens is 1. The number of hydrogen-bond donors (Lipinski definition) is 2. The highest BCUT2D eigenvalue weighted by Gasteiger charge is 2.25. The van der Waals surface area contributed by atoms with Crippen LogP contribution >= 0.6 is 11.6 Å². The highest BCUT2D eigenvalue weighted by Crippen LogP contribution is 2.27. The lowest BCUT2D eigenvalue weighted by molar-refractivity contribution is 0.216. The van der Waals surface area contributed by atoms with Gasteiger partial charge in [0.15, 0.2) is 5.82 Å². The van der Waals surface area contributed by atoms with Crippen LogP contribution in [-0.4, -0.2) is 29.3 Å². The number of aliphatic hydroxyl groups excluding tert-OH is 1. The van der Waals surface area contributed by atoms with Crippen LogP contribution < -0.4 is 10.6 Å². The Morgan fingerprint density at radius 1 is 1.53 bits per heavy atom. The standard InChI is InChI=1S/C10H16ClN3O/c1-10(2,6-15)14(3)9-7(12)4-5-8(11)13-9/h4-5,15H,6,12H2,1-3H3. The van der Waals surface area contributed by atoms with E-state index in [0.29, 0.717) is 16.7 Å². The van der Waals surface area contributed by atoms with Crippen LogP contribution in [0.5, 0.6) is 0 Å². The SMILES string of the molecule is CN(c1nc(Cl)ccc1N)C(C)(C)CO. The number of anilines is 2. The molecule has 0 aromatic carbocycles. The quantitative estimate of drug-likeness (QED) is 0.772. The van der Waals surface area contributed by atoms with E-state index >= 15 is 0 Å². The Bertz CT molecular complexity index is 355. The number of aliphatic hydroxyl groups is 1. The average molecular weight is 230 g/mol. The molecule has 1 aromatic rings. The van der Waals surface area contributed by atoms with Crippen molar-refractivity contribution < 1.29 is 5.11 Å². The van der Waals surface area contributed by atoms with Gasteiger partial charge < -0.3 is 15.7 Å². The molecule has 0 fully saturated rings. The van der Waals surface area contributed by atoms with Crippen molar-refractivity contribution in [2.45, 2.75) is 19.4 Å². The van der Waals surface area contributed by atoms with E-state index in [9.17, 15) is 5.11 Å². The first-order valence-corrected chi connectivity index (χ1v) is 5.03. The fourth-order valence-corrected chi connectivity index (χ4v) is 1.24. The second kappa shape index (κ2) is 4.24. The van der Waals surface area contributed by atoms with Crippen LogP contribution in [0.1, 0.15) is 13.8 Å². The molecule has 0 unspecified atom stereocenters. The third kappa shape index (κ3) is 2.52. The average Bonchev–Trinajstić information content (AvgIpc) is 2.20. The molecule has 3 N–H and O–H groups in total. The van der Waals surface area contributed by atoms with Crippen molar-refractivity contribution in [3.63, 3.8) is 0 Å². The summed E-state index contributed by atoms with van der Waals surface area (Å²) in [5.74, 6) is 0.585. The molecule has 0 amide bonds. The lowest BCUT2D eigenvalue weighted by Crippen LogP contribution is -2.45. The van der Waals surface area contributed by atoms with Crippen LogP contribution in [0.3, 0.4) is 0 Å².